The average molecular weight is 258 g/mol. The lowest BCUT2D eigenvalue weighted by Gasteiger charge is -2.09. The fourth-order valence-electron chi connectivity index (χ4n) is 2.39. The lowest BCUT2D eigenvalue weighted by atomic mass is 9.95. The van der Waals surface area contributed by atoms with E-state index in [9.17, 15) is 9.90 Å². The molecule has 100 valence electrons. The molecule has 0 amide bonds. The summed E-state index contributed by atoms with van der Waals surface area (Å²) in [5.74, 6) is -0.888. The molecule has 0 spiro atoms. The first-order valence-electron chi connectivity index (χ1n) is 6.31. The largest absolute Gasteiger partial charge is 0.478 e. The van der Waals surface area contributed by atoms with E-state index in [1.807, 2.05) is 40.1 Å². The van der Waals surface area contributed by atoms with Gasteiger partial charge in [-0.2, -0.15) is 5.10 Å². The highest BCUT2D eigenvalue weighted by Crippen LogP contribution is 2.29. The average Bonchev–Trinajstić information content (AvgIpc) is 2.69. The van der Waals surface area contributed by atoms with E-state index in [0.717, 1.165) is 34.4 Å². The van der Waals surface area contributed by atoms with Crippen molar-refractivity contribution in [1.82, 2.24) is 9.78 Å². The summed E-state index contributed by atoms with van der Waals surface area (Å²) in [5.41, 5.74) is 5.18. The zero-order valence-corrected chi connectivity index (χ0v) is 11.7. The molecule has 0 aliphatic carbocycles. The van der Waals surface area contributed by atoms with Gasteiger partial charge in [0.1, 0.15) is 0 Å². The van der Waals surface area contributed by atoms with E-state index >= 15 is 0 Å². The maximum absolute atomic E-state index is 11.3. The Labute approximate surface area is 112 Å². The van der Waals surface area contributed by atoms with E-state index in [4.69, 9.17) is 0 Å². The van der Waals surface area contributed by atoms with Gasteiger partial charge in [0, 0.05) is 18.8 Å². The Morgan fingerprint density at radius 1 is 1.26 bits per heavy atom. The highest BCUT2D eigenvalue weighted by atomic mass is 16.4. The number of hydrogen-bond donors (Lipinski definition) is 1. The Morgan fingerprint density at radius 3 is 2.53 bits per heavy atom. The van der Waals surface area contributed by atoms with Crippen LogP contribution in [0.15, 0.2) is 18.3 Å². The van der Waals surface area contributed by atoms with Gasteiger partial charge in [-0.1, -0.05) is 13.0 Å². The summed E-state index contributed by atoms with van der Waals surface area (Å²) < 4.78 is 1.77. The summed E-state index contributed by atoms with van der Waals surface area (Å²) in [4.78, 5) is 11.3. The molecular weight excluding hydrogens is 240 g/mol. The van der Waals surface area contributed by atoms with Crippen LogP contribution in [-0.4, -0.2) is 20.9 Å². The van der Waals surface area contributed by atoms with Gasteiger partial charge in [0.15, 0.2) is 0 Å². The number of carboxylic acids is 1. The smallest absolute Gasteiger partial charge is 0.335 e. The van der Waals surface area contributed by atoms with Crippen LogP contribution in [0.1, 0.15) is 34.1 Å². The molecule has 0 bridgehead atoms. The Hall–Kier alpha value is -2.10. The zero-order chi connectivity index (χ0) is 14.2. The lowest BCUT2D eigenvalue weighted by molar-refractivity contribution is 0.0696. The molecule has 0 aliphatic rings. The van der Waals surface area contributed by atoms with Crippen molar-refractivity contribution in [3.63, 3.8) is 0 Å². The van der Waals surface area contributed by atoms with Gasteiger partial charge < -0.3 is 5.11 Å². The summed E-state index contributed by atoms with van der Waals surface area (Å²) in [7, 11) is 1.88. The van der Waals surface area contributed by atoms with E-state index in [2.05, 4.69) is 5.10 Å². The molecular formula is C15H18N2O2. The molecule has 0 radical (unpaired) electrons. The minimum Gasteiger partial charge on any atom is -0.478 e. The predicted octanol–water partition coefficient (Wildman–Crippen LogP) is 2.96. The van der Waals surface area contributed by atoms with Crippen LogP contribution in [0.2, 0.25) is 0 Å². The zero-order valence-electron chi connectivity index (χ0n) is 11.7. The molecule has 4 heteroatoms. The normalized spacial score (nSPS) is 10.7. The quantitative estimate of drug-likeness (QED) is 0.920. The number of nitrogens with zero attached hydrogens (tertiary/aromatic N) is 2. The van der Waals surface area contributed by atoms with Gasteiger partial charge in [-0.05, 0) is 43.0 Å². The number of benzene rings is 1. The van der Waals surface area contributed by atoms with Crippen molar-refractivity contribution in [2.75, 3.05) is 0 Å². The van der Waals surface area contributed by atoms with E-state index in [1.54, 1.807) is 10.7 Å². The Bertz CT molecular complexity index is 642. The van der Waals surface area contributed by atoms with Crippen molar-refractivity contribution in [1.29, 1.82) is 0 Å². The van der Waals surface area contributed by atoms with Crippen LogP contribution in [0, 0.1) is 13.8 Å². The molecule has 1 aromatic heterocycles. The third-order valence-corrected chi connectivity index (χ3v) is 3.33. The van der Waals surface area contributed by atoms with Crippen molar-refractivity contribution < 1.29 is 9.90 Å². The van der Waals surface area contributed by atoms with Crippen LogP contribution in [0.4, 0.5) is 0 Å². The summed E-state index contributed by atoms with van der Waals surface area (Å²) in [6.07, 6.45) is 2.77. The van der Waals surface area contributed by atoms with Gasteiger partial charge in [-0.3, -0.25) is 4.68 Å². The van der Waals surface area contributed by atoms with Gasteiger partial charge in [0.05, 0.1) is 11.3 Å². The third-order valence-electron chi connectivity index (χ3n) is 3.33. The maximum Gasteiger partial charge on any atom is 0.335 e. The third kappa shape index (κ3) is 2.38. The molecule has 1 aromatic carbocycles. The van der Waals surface area contributed by atoms with Gasteiger partial charge in [0.25, 0.3) is 0 Å². The Morgan fingerprint density at radius 2 is 1.95 bits per heavy atom. The number of aromatic nitrogens is 2. The van der Waals surface area contributed by atoms with Gasteiger partial charge in [0.2, 0.25) is 0 Å². The van der Waals surface area contributed by atoms with E-state index in [0.29, 0.717) is 5.56 Å². The highest BCUT2D eigenvalue weighted by molar-refractivity contribution is 5.91. The fourth-order valence-corrected chi connectivity index (χ4v) is 2.39. The second-order valence-electron chi connectivity index (χ2n) is 4.80. The maximum atomic E-state index is 11.3. The van der Waals surface area contributed by atoms with Crippen molar-refractivity contribution >= 4 is 5.97 Å². The minimum atomic E-state index is -0.888. The highest BCUT2D eigenvalue weighted by Gasteiger charge is 2.15. The Balaban J connectivity index is 2.67. The second-order valence-corrected chi connectivity index (χ2v) is 4.80. The molecule has 1 N–H and O–H groups in total. The van der Waals surface area contributed by atoms with Crippen LogP contribution in [0.5, 0.6) is 0 Å². The van der Waals surface area contributed by atoms with Crippen LogP contribution < -0.4 is 0 Å². The van der Waals surface area contributed by atoms with Crippen molar-refractivity contribution in [3.05, 3.63) is 40.7 Å². The predicted molar refractivity (Wildman–Crippen MR) is 74.5 cm³/mol. The number of hydrogen-bond acceptors (Lipinski definition) is 2. The number of aromatic carboxylic acids is 1. The fraction of sp³-hybridized carbons (Fsp3) is 0.333. The van der Waals surface area contributed by atoms with Crippen LogP contribution in [-0.2, 0) is 13.5 Å². The molecule has 1 heterocycles. The number of aryl methyl sites for hydroxylation is 4. The van der Waals surface area contributed by atoms with Gasteiger partial charge in [-0.25, -0.2) is 4.79 Å². The number of carboxylic acid groups (broad SMARTS) is 1. The molecule has 0 unspecified atom stereocenters. The Kier molecular flexibility index (Phi) is 3.42. The summed E-state index contributed by atoms with van der Waals surface area (Å²) in [5, 5.41) is 13.7. The first-order valence-corrected chi connectivity index (χ1v) is 6.31. The van der Waals surface area contributed by atoms with Crippen LogP contribution in [0.25, 0.3) is 11.1 Å². The molecule has 0 saturated carbocycles. The molecule has 0 saturated heterocycles. The SMILES string of the molecule is CCc1nn(C)cc1-c1cc(C(=O)O)c(C)cc1C. The van der Waals surface area contributed by atoms with Gasteiger partial charge >= 0.3 is 5.97 Å². The molecule has 2 rings (SSSR count). The standard InChI is InChI=1S/C15H18N2O2/c1-5-14-13(8-17(4)16-14)11-7-12(15(18)19)10(3)6-9(11)2/h6-8H,5H2,1-4H3,(H,18,19). The number of carbonyl (C=O) groups is 1. The molecule has 2 aromatic rings. The minimum absolute atomic E-state index is 0.353. The topological polar surface area (TPSA) is 55.1 Å². The molecule has 0 atom stereocenters. The first-order chi connectivity index (χ1) is 8.93. The molecule has 4 nitrogen and oxygen atoms in total. The van der Waals surface area contributed by atoms with E-state index in [1.165, 1.54) is 0 Å². The lowest BCUT2D eigenvalue weighted by Crippen LogP contribution is -2.01. The van der Waals surface area contributed by atoms with Crippen LogP contribution >= 0.6 is 0 Å². The molecule has 0 fully saturated rings. The summed E-state index contributed by atoms with van der Waals surface area (Å²) >= 11 is 0. The van der Waals surface area contributed by atoms with E-state index in [-0.39, 0.29) is 0 Å². The molecule has 19 heavy (non-hydrogen) atoms. The summed E-state index contributed by atoms with van der Waals surface area (Å²) in [6.45, 7) is 5.87. The van der Waals surface area contributed by atoms with Gasteiger partial charge in [-0.15, -0.1) is 0 Å². The first kappa shape index (κ1) is 13.3. The monoisotopic (exact) mass is 258 g/mol. The van der Waals surface area contributed by atoms with Crippen molar-refractivity contribution in [2.45, 2.75) is 27.2 Å². The van der Waals surface area contributed by atoms with E-state index < -0.39 is 5.97 Å². The van der Waals surface area contributed by atoms with Crippen molar-refractivity contribution in [2.24, 2.45) is 7.05 Å². The second kappa shape index (κ2) is 4.88. The summed E-state index contributed by atoms with van der Waals surface area (Å²) in [6, 6.07) is 3.68. The number of rotatable bonds is 3. The van der Waals surface area contributed by atoms with Crippen LogP contribution in [0.3, 0.4) is 0 Å². The van der Waals surface area contributed by atoms with Crippen molar-refractivity contribution in [3.8, 4) is 11.1 Å². The molecule has 0 aliphatic heterocycles.